The average molecular weight is 254 g/mol. The van der Waals surface area contributed by atoms with Crippen LogP contribution in [0.1, 0.15) is 10.4 Å². The van der Waals surface area contributed by atoms with Crippen LogP contribution in [-0.4, -0.2) is 16.2 Å². The molecule has 1 aromatic heterocycles. The van der Waals surface area contributed by atoms with E-state index in [-0.39, 0.29) is 11.3 Å². The highest BCUT2D eigenvalue weighted by molar-refractivity contribution is 6.08. The van der Waals surface area contributed by atoms with E-state index in [4.69, 9.17) is 4.42 Å². The Bertz CT molecular complexity index is 756. The molecule has 0 bridgehead atoms. The normalized spacial score (nSPS) is 10.7. The van der Waals surface area contributed by atoms with Crippen LogP contribution in [0.15, 0.2) is 52.9 Å². The first kappa shape index (κ1) is 11.3. The van der Waals surface area contributed by atoms with Crippen molar-refractivity contribution in [2.24, 2.45) is 0 Å². The molecule has 4 heteroatoms. The van der Waals surface area contributed by atoms with E-state index in [9.17, 15) is 15.0 Å². The lowest BCUT2D eigenvalue weighted by atomic mass is 10.1. The predicted molar refractivity (Wildman–Crippen MR) is 70.3 cm³/mol. The maximum Gasteiger partial charge on any atom is 0.340 e. The molecule has 0 fully saturated rings. The first-order valence-electron chi connectivity index (χ1n) is 5.71. The summed E-state index contributed by atoms with van der Waals surface area (Å²) in [6, 6.07) is 13.4. The van der Waals surface area contributed by atoms with Crippen molar-refractivity contribution in [2.45, 2.75) is 0 Å². The highest BCUT2D eigenvalue weighted by atomic mass is 16.4. The van der Waals surface area contributed by atoms with E-state index in [1.807, 2.05) is 18.2 Å². The lowest BCUT2D eigenvalue weighted by molar-refractivity contribution is 0.0699. The molecule has 0 atom stereocenters. The van der Waals surface area contributed by atoms with Crippen molar-refractivity contribution in [1.82, 2.24) is 0 Å². The first-order valence-corrected chi connectivity index (χ1v) is 5.71. The van der Waals surface area contributed by atoms with Crippen LogP contribution >= 0.6 is 0 Å². The summed E-state index contributed by atoms with van der Waals surface area (Å²) in [6.07, 6.45) is 0. The molecule has 0 aliphatic rings. The summed E-state index contributed by atoms with van der Waals surface area (Å²) in [5.74, 6) is -0.713. The van der Waals surface area contributed by atoms with E-state index in [1.54, 1.807) is 18.2 Å². The van der Waals surface area contributed by atoms with Gasteiger partial charge in [-0.05, 0) is 12.1 Å². The second-order valence-electron chi connectivity index (χ2n) is 4.16. The fourth-order valence-electron chi connectivity index (χ4n) is 2.09. The number of aromatic hydroxyl groups is 1. The molecule has 4 nitrogen and oxygen atoms in total. The summed E-state index contributed by atoms with van der Waals surface area (Å²) < 4.78 is 5.59. The largest absolute Gasteiger partial charge is 0.508 e. The zero-order valence-electron chi connectivity index (χ0n) is 9.83. The highest BCUT2D eigenvalue weighted by Crippen LogP contribution is 2.34. The Morgan fingerprint density at radius 3 is 2.47 bits per heavy atom. The van der Waals surface area contributed by atoms with Crippen LogP contribution in [0.3, 0.4) is 0 Å². The van der Waals surface area contributed by atoms with Gasteiger partial charge in [-0.3, -0.25) is 0 Å². The molecule has 19 heavy (non-hydrogen) atoms. The fraction of sp³-hybridized carbons (Fsp3) is 0. The van der Waals surface area contributed by atoms with Crippen molar-refractivity contribution < 1.29 is 19.4 Å². The minimum Gasteiger partial charge on any atom is -0.508 e. The number of benzene rings is 2. The first-order chi connectivity index (χ1) is 9.16. The number of carboxylic acid groups (broad SMARTS) is 1. The van der Waals surface area contributed by atoms with Crippen molar-refractivity contribution >= 4 is 16.9 Å². The summed E-state index contributed by atoms with van der Waals surface area (Å²) in [6.45, 7) is 0. The van der Waals surface area contributed by atoms with E-state index >= 15 is 0 Å². The Morgan fingerprint density at radius 1 is 1.05 bits per heavy atom. The van der Waals surface area contributed by atoms with Gasteiger partial charge >= 0.3 is 5.97 Å². The number of aromatic carboxylic acids is 1. The van der Waals surface area contributed by atoms with Crippen LogP contribution in [0.4, 0.5) is 0 Å². The topological polar surface area (TPSA) is 70.7 Å². The summed E-state index contributed by atoms with van der Waals surface area (Å²) in [7, 11) is 0. The van der Waals surface area contributed by atoms with Gasteiger partial charge in [-0.25, -0.2) is 4.79 Å². The van der Waals surface area contributed by atoms with Crippen molar-refractivity contribution in [3.8, 4) is 17.1 Å². The monoisotopic (exact) mass is 254 g/mol. The molecule has 0 saturated heterocycles. The molecule has 3 rings (SSSR count). The second kappa shape index (κ2) is 4.17. The average Bonchev–Trinajstić information content (AvgIpc) is 2.78. The van der Waals surface area contributed by atoms with Gasteiger partial charge in [0.05, 0.1) is 0 Å². The zero-order chi connectivity index (χ0) is 13.4. The number of phenols is 1. The van der Waals surface area contributed by atoms with E-state index in [1.165, 1.54) is 12.1 Å². The molecule has 0 saturated carbocycles. The molecule has 2 N–H and O–H groups in total. The predicted octanol–water partition coefficient (Wildman–Crippen LogP) is 3.50. The number of carboxylic acids is 1. The van der Waals surface area contributed by atoms with Gasteiger partial charge in [0.1, 0.15) is 22.7 Å². The standard InChI is InChI=1S/C15H10O4/c16-10-6-7-11-12(8-10)19-14(13(11)15(17)18)9-4-2-1-3-5-9/h1-8,16H,(H,17,18). The number of rotatable bonds is 2. The van der Waals surface area contributed by atoms with Gasteiger partial charge in [0.2, 0.25) is 0 Å². The number of hydrogen-bond donors (Lipinski definition) is 2. The summed E-state index contributed by atoms with van der Waals surface area (Å²) in [4.78, 5) is 11.4. The maximum absolute atomic E-state index is 11.4. The summed E-state index contributed by atoms with van der Waals surface area (Å²) in [5.41, 5.74) is 1.16. The third kappa shape index (κ3) is 1.83. The van der Waals surface area contributed by atoms with E-state index in [0.717, 1.165) is 0 Å². The Hall–Kier alpha value is -2.75. The molecule has 0 aliphatic carbocycles. The van der Waals surface area contributed by atoms with Gasteiger partial charge in [0, 0.05) is 17.0 Å². The molecule has 2 aromatic carbocycles. The van der Waals surface area contributed by atoms with E-state index in [2.05, 4.69) is 0 Å². The van der Waals surface area contributed by atoms with Gasteiger partial charge < -0.3 is 14.6 Å². The third-order valence-electron chi connectivity index (χ3n) is 2.92. The Labute approximate surface area is 108 Å². The maximum atomic E-state index is 11.4. The van der Waals surface area contributed by atoms with Crippen LogP contribution < -0.4 is 0 Å². The van der Waals surface area contributed by atoms with Gasteiger partial charge in [-0.15, -0.1) is 0 Å². The Morgan fingerprint density at radius 2 is 1.79 bits per heavy atom. The summed E-state index contributed by atoms with van der Waals surface area (Å²) >= 11 is 0. The third-order valence-corrected chi connectivity index (χ3v) is 2.92. The SMILES string of the molecule is O=C(O)c1c(-c2ccccc2)oc2cc(O)ccc12. The van der Waals surface area contributed by atoms with Crippen LogP contribution in [0, 0.1) is 0 Å². The van der Waals surface area contributed by atoms with Crippen molar-refractivity contribution in [1.29, 1.82) is 0 Å². The minimum absolute atomic E-state index is 0.0396. The molecule has 94 valence electrons. The number of furan rings is 1. The van der Waals surface area contributed by atoms with Crippen molar-refractivity contribution in [3.05, 3.63) is 54.1 Å². The molecule has 0 spiro atoms. The molecule has 0 unspecified atom stereocenters. The fourth-order valence-corrected chi connectivity index (χ4v) is 2.09. The lowest BCUT2D eigenvalue weighted by Crippen LogP contribution is -1.96. The smallest absolute Gasteiger partial charge is 0.340 e. The number of hydrogen-bond acceptors (Lipinski definition) is 3. The lowest BCUT2D eigenvalue weighted by Gasteiger charge is -1.98. The van der Waals surface area contributed by atoms with Crippen molar-refractivity contribution in [3.63, 3.8) is 0 Å². The molecular weight excluding hydrogens is 244 g/mol. The number of phenolic OH excluding ortho intramolecular Hbond substituents is 1. The second-order valence-corrected chi connectivity index (χ2v) is 4.16. The minimum atomic E-state index is -1.05. The number of fused-ring (bicyclic) bond motifs is 1. The molecule has 0 amide bonds. The Balaban J connectivity index is 2.35. The van der Waals surface area contributed by atoms with Gasteiger partial charge in [-0.2, -0.15) is 0 Å². The van der Waals surface area contributed by atoms with Gasteiger partial charge in [-0.1, -0.05) is 30.3 Å². The van der Waals surface area contributed by atoms with Crippen LogP contribution in [0.2, 0.25) is 0 Å². The van der Waals surface area contributed by atoms with Crippen LogP contribution in [0.25, 0.3) is 22.3 Å². The molecule has 0 radical (unpaired) electrons. The quantitative estimate of drug-likeness (QED) is 0.734. The van der Waals surface area contributed by atoms with Gasteiger partial charge in [0.25, 0.3) is 0 Å². The number of carbonyl (C=O) groups is 1. The van der Waals surface area contributed by atoms with E-state index < -0.39 is 5.97 Å². The zero-order valence-corrected chi connectivity index (χ0v) is 9.83. The van der Waals surface area contributed by atoms with E-state index in [0.29, 0.717) is 22.3 Å². The van der Waals surface area contributed by atoms with Crippen LogP contribution in [0.5, 0.6) is 5.75 Å². The molecule has 1 heterocycles. The van der Waals surface area contributed by atoms with Crippen LogP contribution in [-0.2, 0) is 0 Å². The molecular formula is C15H10O4. The molecule has 0 aliphatic heterocycles. The highest BCUT2D eigenvalue weighted by Gasteiger charge is 2.21. The van der Waals surface area contributed by atoms with Crippen molar-refractivity contribution in [2.75, 3.05) is 0 Å². The Kier molecular flexibility index (Phi) is 2.49. The van der Waals surface area contributed by atoms with Gasteiger partial charge in [0.15, 0.2) is 0 Å². The summed E-state index contributed by atoms with van der Waals surface area (Å²) in [5, 5.41) is 19.3. The molecule has 3 aromatic rings.